The van der Waals surface area contributed by atoms with Gasteiger partial charge in [-0.1, -0.05) is 24.3 Å². The zero-order valence-electron chi connectivity index (χ0n) is 15.5. The van der Waals surface area contributed by atoms with E-state index in [-0.39, 0.29) is 5.91 Å². The van der Waals surface area contributed by atoms with E-state index >= 15 is 0 Å². The minimum absolute atomic E-state index is 0.0576. The van der Waals surface area contributed by atoms with Crippen molar-refractivity contribution >= 4 is 11.6 Å². The first kappa shape index (κ1) is 17.3. The van der Waals surface area contributed by atoms with E-state index in [1.807, 2.05) is 54.5 Å². The van der Waals surface area contributed by atoms with Crippen molar-refractivity contribution in [2.75, 3.05) is 31.6 Å². The number of carbonyl (C=O) groups excluding carboxylic acids is 1. The van der Waals surface area contributed by atoms with Crippen molar-refractivity contribution in [2.24, 2.45) is 5.92 Å². The average Bonchev–Trinajstić information content (AvgIpc) is 3.40. The van der Waals surface area contributed by atoms with Crippen LogP contribution in [-0.4, -0.2) is 47.3 Å². The van der Waals surface area contributed by atoms with Crippen LogP contribution >= 0.6 is 0 Å². The SMILES string of the molecule is CN(C[C@H]1CCN(c2ccccc2)C1)C(=O)c1cccc(-n2cccn2)c1. The topological polar surface area (TPSA) is 41.4 Å². The molecule has 5 heteroatoms. The lowest BCUT2D eigenvalue weighted by atomic mass is 10.1. The highest BCUT2D eigenvalue weighted by molar-refractivity contribution is 5.94. The van der Waals surface area contributed by atoms with Crippen molar-refractivity contribution in [1.29, 1.82) is 0 Å². The fraction of sp³-hybridized carbons (Fsp3) is 0.273. The summed E-state index contributed by atoms with van der Waals surface area (Å²) in [4.78, 5) is 17.1. The number of hydrogen-bond donors (Lipinski definition) is 0. The molecule has 27 heavy (non-hydrogen) atoms. The number of anilines is 1. The summed E-state index contributed by atoms with van der Waals surface area (Å²) < 4.78 is 1.77. The minimum Gasteiger partial charge on any atom is -0.371 e. The molecule has 2 aromatic carbocycles. The highest BCUT2D eigenvalue weighted by Gasteiger charge is 2.25. The second-order valence-corrected chi connectivity index (χ2v) is 7.12. The Balaban J connectivity index is 1.39. The van der Waals surface area contributed by atoms with Crippen LogP contribution < -0.4 is 4.90 Å². The first-order valence-corrected chi connectivity index (χ1v) is 9.36. The molecular weight excluding hydrogens is 336 g/mol. The molecule has 1 aromatic heterocycles. The first-order valence-electron chi connectivity index (χ1n) is 9.36. The molecule has 1 amide bonds. The summed E-state index contributed by atoms with van der Waals surface area (Å²) in [5, 5.41) is 4.24. The number of carbonyl (C=O) groups is 1. The van der Waals surface area contributed by atoms with Crippen LogP contribution in [0.15, 0.2) is 73.1 Å². The number of benzene rings is 2. The van der Waals surface area contributed by atoms with Gasteiger partial charge in [0.05, 0.1) is 5.69 Å². The van der Waals surface area contributed by atoms with Gasteiger partial charge in [0.1, 0.15) is 0 Å². The fourth-order valence-electron chi connectivity index (χ4n) is 3.75. The van der Waals surface area contributed by atoms with Gasteiger partial charge in [0.15, 0.2) is 0 Å². The van der Waals surface area contributed by atoms with Crippen LogP contribution in [0, 0.1) is 5.92 Å². The second kappa shape index (κ2) is 7.66. The maximum Gasteiger partial charge on any atom is 0.253 e. The minimum atomic E-state index is 0.0576. The Morgan fingerprint density at radius 2 is 1.93 bits per heavy atom. The summed E-state index contributed by atoms with van der Waals surface area (Å²) >= 11 is 0. The van der Waals surface area contributed by atoms with Crippen LogP contribution in [0.3, 0.4) is 0 Å². The Morgan fingerprint density at radius 1 is 1.11 bits per heavy atom. The van der Waals surface area contributed by atoms with Crippen LogP contribution in [0.4, 0.5) is 5.69 Å². The van der Waals surface area contributed by atoms with Gasteiger partial charge in [0.25, 0.3) is 5.91 Å². The third-order valence-electron chi connectivity index (χ3n) is 5.15. The van der Waals surface area contributed by atoms with Crippen LogP contribution in [0.1, 0.15) is 16.8 Å². The fourth-order valence-corrected chi connectivity index (χ4v) is 3.75. The molecule has 5 nitrogen and oxygen atoms in total. The molecule has 1 fully saturated rings. The number of hydrogen-bond acceptors (Lipinski definition) is 3. The van der Waals surface area contributed by atoms with Crippen molar-refractivity contribution in [3.05, 3.63) is 78.6 Å². The van der Waals surface area contributed by atoms with Crippen molar-refractivity contribution in [2.45, 2.75) is 6.42 Å². The lowest BCUT2D eigenvalue weighted by molar-refractivity contribution is 0.0776. The van der Waals surface area contributed by atoms with Crippen LogP contribution in [-0.2, 0) is 0 Å². The number of amides is 1. The molecule has 0 bridgehead atoms. The van der Waals surface area contributed by atoms with Crippen LogP contribution in [0.25, 0.3) is 5.69 Å². The second-order valence-electron chi connectivity index (χ2n) is 7.12. The van der Waals surface area contributed by atoms with E-state index < -0.39 is 0 Å². The largest absolute Gasteiger partial charge is 0.371 e. The normalized spacial score (nSPS) is 16.5. The molecule has 0 saturated carbocycles. The molecule has 0 unspecified atom stereocenters. The van der Waals surface area contributed by atoms with Gasteiger partial charge in [-0.05, 0) is 48.7 Å². The molecule has 4 rings (SSSR count). The Labute approximate surface area is 159 Å². The number of para-hydroxylation sites is 1. The van der Waals surface area contributed by atoms with E-state index in [9.17, 15) is 4.79 Å². The van der Waals surface area contributed by atoms with E-state index in [0.717, 1.165) is 31.7 Å². The summed E-state index contributed by atoms with van der Waals surface area (Å²) in [5.41, 5.74) is 2.86. The van der Waals surface area contributed by atoms with E-state index in [0.29, 0.717) is 11.5 Å². The summed E-state index contributed by atoms with van der Waals surface area (Å²) in [6.45, 7) is 2.81. The third-order valence-corrected chi connectivity index (χ3v) is 5.15. The molecule has 0 spiro atoms. The van der Waals surface area contributed by atoms with Crippen LogP contribution in [0.2, 0.25) is 0 Å². The molecule has 1 aliphatic heterocycles. The predicted molar refractivity (Wildman–Crippen MR) is 107 cm³/mol. The zero-order valence-corrected chi connectivity index (χ0v) is 15.5. The van der Waals surface area contributed by atoms with Gasteiger partial charge < -0.3 is 9.80 Å². The van der Waals surface area contributed by atoms with Crippen molar-refractivity contribution < 1.29 is 4.79 Å². The summed E-state index contributed by atoms with van der Waals surface area (Å²) in [5.74, 6) is 0.552. The van der Waals surface area contributed by atoms with Gasteiger partial charge in [-0.25, -0.2) is 4.68 Å². The lowest BCUT2D eigenvalue weighted by Crippen LogP contribution is -2.33. The molecule has 1 saturated heterocycles. The number of nitrogens with zero attached hydrogens (tertiary/aromatic N) is 4. The maximum absolute atomic E-state index is 12.9. The lowest BCUT2D eigenvalue weighted by Gasteiger charge is -2.23. The Kier molecular flexibility index (Phi) is 4.92. The molecular formula is C22H24N4O. The summed E-state index contributed by atoms with van der Waals surface area (Å²) in [6.07, 6.45) is 4.73. The smallest absolute Gasteiger partial charge is 0.253 e. The molecule has 0 aliphatic carbocycles. The Bertz CT molecular complexity index is 892. The molecule has 138 valence electrons. The predicted octanol–water partition coefficient (Wildman–Crippen LogP) is 3.47. The molecule has 0 radical (unpaired) electrons. The van der Waals surface area contributed by atoms with Crippen molar-refractivity contribution in [3.63, 3.8) is 0 Å². The van der Waals surface area contributed by atoms with Gasteiger partial charge in [-0.3, -0.25) is 4.79 Å². The van der Waals surface area contributed by atoms with Gasteiger partial charge >= 0.3 is 0 Å². The number of aromatic nitrogens is 2. The van der Waals surface area contributed by atoms with Gasteiger partial charge in [0.2, 0.25) is 0 Å². The average molecular weight is 360 g/mol. The summed E-state index contributed by atoms with van der Waals surface area (Å²) in [6, 6.07) is 20.0. The quantitative estimate of drug-likeness (QED) is 0.700. The van der Waals surface area contributed by atoms with E-state index in [1.165, 1.54) is 5.69 Å². The zero-order chi connectivity index (χ0) is 18.6. The molecule has 3 aromatic rings. The maximum atomic E-state index is 12.9. The van der Waals surface area contributed by atoms with Gasteiger partial charge in [0, 0.05) is 50.3 Å². The highest BCUT2D eigenvalue weighted by Crippen LogP contribution is 2.24. The summed E-state index contributed by atoms with van der Waals surface area (Å²) in [7, 11) is 1.90. The number of rotatable bonds is 5. The Morgan fingerprint density at radius 3 is 2.70 bits per heavy atom. The van der Waals surface area contributed by atoms with E-state index in [2.05, 4.69) is 34.3 Å². The van der Waals surface area contributed by atoms with E-state index in [4.69, 9.17) is 0 Å². The van der Waals surface area contributed by atoms with Gasteiger partial charge in [-0.15, -0.1) is 0 Å². The highest BCUT2D eigenvalue weighted by atomic mass is 16.2. The third kappa shape index (κ3) is 3.87. The molecule has 2 heterocycles. The molecule has 1 aliphatic rings. The van der Waals surface area contributed by atoms with E-state index in [1.54, 1.807) is 10.9 Å². The van der Waals surface area contributed by atoms with Crippen molar-refractivity contribution in [3.8, 4) is 5.69 Å². The van der Waals surface area contributed by atoms with Crippen molar-refractivity contribution in [1.82, 2.24) is 14.7 Å². The van der Waals surface area contributed by atoms with Crippen LogP contribution in [0.5, 0.6) is 0 Å². The molecule has 0 N–H and O–H groups in total. The standard InChI is InChI=1S/C22H24N4O/c1-24(16-18-11-14-25(17-18)20-8-3-2-4-9-20)22(27)19-7-5-10-21(15-19)26-13-6-12-23-26/h2-10,12-13,15,18H,11,14,16-17H2,1H3/t18-/m1/s1. The Hall–Kier alpha value is -3.08. The van der Waals surface area contributed by atoms with Gasteiger partial charge in [-0.2, -0.15) is 5.10 Å². The monoisotopic (exact) mass is 360 g/mol. The molecule has 1 atom stereocenters. The first-order chi connectivity index (χ1) is 13.2.